The molecule has 16 heavy (non-hydrogen) atoms. The van der Waals surface area contributed by atoms with Crippen molar-refractivity contribution in [1.82, 2.24) is 15.2 Å². The van der Waals surface area contributed by atoms with Crippen molar-refractivity contribution in [1.29, 1.82) is 0 Å². The molecule has 1 aromatic heterocycles. The number of thiazole rings is 1. The quantitative estimate of drug-likeness (QED) is 0.753. The number of rotatable bonds is 4. The van der Waals surface area contributed by atoms with Gasteiger partial charge in [0, 0.05) is 31.6 Å². The van der Waals surface area contributed by atoms with E-state index in [1.165, 1.54) is 11.9 Å². The number of carbonyl (C=O) groups excluding carboxylic acids is 2. The minimum atomic E-state index is -0.350. The predicted molar refractivity (Wildman–Crippen MR) is 60.0 cm³/mol. The first-order valence-electron chi connectivity index (χ1n) is 5.10. The number of hydrogen-bond donors (Lipinski definition) is 1. The molecule has 0 saturated carbocycles. The molecule has 0 spiro atoms. The Labute approximate surface area is 97.5 Å². The molecule has 1 unspecified atom stereocenters. The topological polar surface area (TPSA) is 62.3 Å². The monoisotopic (exact) mass is 239 g/mol. The lowest BCUT2D eigenvalue weighted by molar-refractivity contribution is -0.137. The summed E-state index contributed by atoms with van der Waals surface area (Å²) in [4.78, 5) is 28.1. The molecule has 0 aliphatic carbocycles. The van der Waals surface area contributed by atoms with E-state index in [9.17, 15) is 9.59 Å². The van der Waals surface area contributed by atoms with Crippen LogP contribution in [0.25, 0.3) is 0 Å². The zero-order valence-electron chi connectivity index (χ0n) is 8.97. The van der Waals surface area contributed by atoms with Gasteiger partial charge in [0.15, 0.2) is 0 Å². The van der Waals surface area contributed by atoms with Crippen LogP contribution in [0.5, 0.6) is 0 Å². The molecule has 0 bridgehead atoms. The van der Waals surface area contributed by atoms with E-state index in [4.69, 9.17) is 0 Å². The van der Waals surface area contributed by atoms with Crippen molar-refractivity contribution >= 4 is 23.2 Å². The van der Waals surface area contributed by atoms with Crippen LogP contribution in [0.2, 0.25) is 0 Å². The smallest absolute Gasteiger partial charge is 0.246 e. The highest BCUT2D eigenvalue weighted by molar-refractivity contribution is 7.09. The summed E-state index contributed by atoms with van der Waals surface area (Å²) in [5.74, 6) is -0.249. The highest BCUT2D eigenvalue weighted by Crippen LogP contribution is 2.10. The first-order valence-corrected chi connectivity index (χ1v) is 5.98. The van der Waals surface area contributed by atoms with Crippen LogP contribution in [0, 0.1) is 0 Å². The van der Waals surface area contributed by atoms with Gasteiger partial charge in [-0.1, -0.05) is 0 Å². The zero-order valence-corrected chi connectivity index (χ0v) is 9.79. The number of aromatic nitrogens is 1. The Morgan fingerprint density at radius 1 is 1.62 bits per heavy atom. The van der Waals surface area contributed by atoms with E-state index in [1.807, 2.05) is 5.38 Å². The van der Waals surface area contributed by atoms with Gasteiger partial charge >= 0.3 is 0 Å². The average molecular weight is 239 g/mol. The molecule has 0 aromatic carbocycles. The summed E-state index contributed by atoms with van der Waals surface area (Å²) < 4.78 is 0. The largest absolute Gasteiger partial charge is 0.305 e. The zero-order chi connectivity index (χ0) is 11.5. The lowest BCUT2D eigenvalue weighted by atomic mass is 10.2. The molecule has 0 radical (unpaired) electrons. The Hall–Kier alpha value is -1.27. The maximum absolute atomic E-state index is 11.5. The lowest BCUT2D eigenvalue weighted by Crippen LogP contribution is -2.38. The molecule has 1 N–H and O–H groups in total. The maximum Gasteiger partial charge on any atom is 0.246 e. The van der Waals surface area contributed by atoms with Gasteiger partial charge in [-0.15, -0.1) is 11.3 Å². The van der Waals surface area contributed by atoms with E-state index < -0.39 is 0 Å². The fourth-order valence-corrected chi connectivity index (χ4v) is 2.27. The minimum absolute atomic E-state index is 0.114. The molecule has 1 atom stereocenters. The Morgan fingerprint density at radius 3 is 3.00 bits per heavy atom. The van der Waals surface area contributed by atoms with Crippen LogP contribution in [-0.4, -0.2) is 41.3 Å². The molecule has 1 aliphatic rings. The second kappa shape index (κ2) is 4.71. The van der Waals surface area contributed by atoms with Crippen LogP contribution in [-0.2, 0) is 16.0 Å². The highest BCUT2D eigenvalue weighted by Gasteiger charge is 2.35. The van der Waals surface area contributed by atoms with Crippen molar-refractivity contribution in [2.45, 2.75) is 18.9 Å². The van der Waals surface area contributed by atoms with E-state index in [2.05, 4.69) is 10.3 Å². The third-order valence-electron chi connectivity index (χ3n) is 2.59. The summed E-state index contributed by atoms with van der Waals surface area (Å²) >= 11 is 1.59. The van der Waals surface area contributed by atoms with Crippen molar-refractivity contribution in [2.24, 2.45) is 0 Å². The van der Waals surface area contributed by atoms with Gasteiger partial charge in [-0.25, -0.2) is 4.98 Å². The predicted octanol–water partition coefficient (Wildman–Crippen LogP) is 0.0325. The second-order valence-corrected chi connectivity index (χ2v) is 4.66. The number of likely N-dealkylation sites (N-methyl/N-ethyl adjacent to an activating group) is 1. The highest BCUT2D eigenvalue weighted by atomic mass is 32.1. The summed E-state index contributed by atoms with van der Waals surface area (Å²) in [5, 5.41) is 6.05. The summed E-state index contributed by atoms with van der Waals surface area (Å²) in [6.07, 6.45) is 2.82. The van der Waals surface area contributed by atoms with Crippen molar-refractivity contribution < 1.29 is 9.59 Å². The van der Waals surface area contributed by atoms with Gasteiger partial charge in [-0.05, 0) is 0 Å². The van der Waals surface area contributed by atoms with E-state index in [0.717, 1.165) is 11.4 Å². The van der Waals surface area contributed by atoms with Crippen molar-refractivity contribution in [2.75, 3.05) is 13.6 Å². The van der Waals surface area contributed by atoms with Gasteiger partial charge in [0.2, 0.25) is 11.8 Å². The average Bonchev–Trinajstić information content (AvgIpc) is 2.85. The molecule has 2 rings (SSSR count). The van der Waals surface area contributed by atoms with Crippen molar-refractivity contribution in [3.8, 4) is 0 Å². The SMILES string of the molecule is CN1C(=O)CC(NCCc2nccs2)C1=O. The molecule has 1 saturated heterocycles. The maximum atomic E-state index is 11.5. The molecule has 6 heteroatoms. The minimum Gasteiger partial charge on any atom is -0.305 e. The summed E-state index contributed by atoms with van der Waals surface area (Å²) in [6, 6.07) is -0.350. The molecular formula is C10H13N3O2S. The standard InChI is InChI=1S/C10H13N3O2S/c1-13-9(14)6-7(10(13)15)11-3-2-8-12-4-5-16-8/h4-5,7,11H,2-3,6H2,1H3. The Morgan fingerprint density at radius 2 is 2.44 bits per heavy atom. The van der Waals surface area contributed by atoms with Crippen molar-refractivity contribution in [3.05, 3.63) is 16.6 Å². The number of imide groups is 1. The number of nitrogens with one attached hydrogen (secondary N) is 1. The number of nitrogens with zero attached hydrogens (tertiary/aromatic N) is 2. The van der Waals surface area contributed by atoms with Gasteiger partial charge in [-0.2, -0.15) is 0 Å². The summed E-state index contributed by atoms with van der Waals surface area (Å²) in [7, 11) is 1.52. The third-order valence-corrected chi connectivity index (χ3v) is 3.43. The van der Waals surface area contributed by atoms with Crippen LogP contribution in [0.3, 0.4) is 0 Å². The molecule has 5 nitrogen and oxygen atoms in total. The van der Waals surface area contributed by atoms with Crippen LogP contribution < -0.4 is 5.32 Å². The van der Waals surface area contributed by atoms with E-state index in [-0.39, 0.29) is 24.3 Å². The molecule has 86 valence electrons. The van der Waals surface area contributed by atoms with Crippen LogP contribution in [0.4, 0.5) is 0 Å². The summed E-state index contributed by atoms with van der Waals surface area (Å²) in [6.45, 7) is 0.672. The normalized spacial score (nSPS) is 20.8. The van der Waals surface area contributed by atoms with Crippen molar-refractivity contribution in [3.63, 3.8) is 0 Å². The van der Waals surface area contributed by atoms with Gasteiger partial charge < -0.3 is 5.32 Å². The fourth-order valence-electron chi connectivity index (χ4n) is 1.64. The Balaban J connectivity index is 1.79. The Bertz CT molecular complexity index is 391. The first kappa shape index (κ1) is 11.2. The molecule has 2 heterocycles. The van der Waals surface area contributed by atoms with Crippen LogP contribution in [0.1, 0.15) is 11.4 Å². The molecule has 1 fully saturated rings. The molecule has 1 aliphatic heterocycles. The number of amides is 2. The van der Waals surface area contributed by atoms with Gasteiger partial charge in [0.1, 0.15) is 0 Å². The van der Waals surface area contributed by atoms with Gasteiger partial charge in [0.05, 0.1) is 17.5 Å². The molecule has 1 aromatic rings. The van der Waals surface area contributed by atoms with E-state index in [0.29, 0.717) is 6.54 Å². The van der Waals surface area contributed by atoms with Gasteiger partial charge in [-0.3, -0.25) is 14.5 Å². The molecular weight excluding hydrogens is 226 g/mol. The molecule has 2 amide bonds. The van der Waals surface area contributed by atoms with Crippen LogP contribution in [0.15, 0.2) is 11.6 Å². The van der Waals surface area contributed by atoms with E-state index in [1.54, 1.807) is 17.5 Å². The number of hydrogen-bond acceptors (Lipinski definition) is 5. The lowest BCUT2D eigenvalue weighted by Gasteiger charge is -2.09. The summed E-state index contributed by atoms with van der Waals surface area (Å²) in [5.41, 5.74) is 0. The Kier molecular flexibility index (Phi) is 3.31. The number of carbonyl (C=O) groups is 2. The first-order chi connectivity index (χ1) is 7.68. The fraction of sp³-hybridized carbons (Fsp3) is 0.500. The van der Waals surface area contributed by atoms with Gasteiger partial charge in [0.25, 0.3) is 0 Å². The van der Waals surface area contributed by atoms with Crippen LogP contribution >= 0.6 is 11.3 Å². The number of likely N-dealkylation sites (tertiary alicyclic amines) is 1. The van der Waals surface area contributed by atoms with E-state index >= 15 is 0 Å². The third kappa shape index (κ3) is 2.28. The second-order valence-electron chi connectivity index (χ2n) is 3.68.